The van der Waals surface area contributed by atoms with E-state index >= 15 is 0 Å². The first-order chi connectivity index (χ1) is 10.9. The molecule has 3 rings (SSSR count). The Hall–Kier alpha value is -2.03. The molecule has 7 nitrogen and oxygen atoms in total. The van der Waals surface area contributed by atoms with Gasteiger partial charge in [-0.25, -0.2) is 4.98 Å². The molecule has 0 spiro atoms. The van der Waals surface area contributed by atoms with Crippen LogP contribution in [-0.2, 0) is 11.3 Å². The van der Waals surface area contributed by atoms with Crippen molar-refractivity contribution in [3.05, 3.63) is 42.5 Å². The number of aromatic nitrogens is 2. The minimum absolute atomic E-state index is 0.199. The zero-order valence-electron chi connectivity index (χ0n) is 12.4. The molecule has 1 N–H and O–H groups in total. The van der Waals surface area contributed by atoms with Crippen molar-refractivity contribution in [2.24, 2.45) is 7.05 Å². The molecule has 0 unspecified atom stereocenters. The number of para-hydroxylation sites is 2. The van der Waals surface area contributed by atoms with Gasteiger partial charge in [-0.2, -0.15) is 18.5 Å². The topological polar surface area (TPSA) is 107 Å². The summed E-state index contributed by atoms with van der Waals surface area (Å²) in [5, 5.41) is 3.01. The standard InChI is InChI=1S/C15H14ClN3O4/c1-19-14-5-3-2-4-12(14)18-13-7-6-11(10-15(13)19)17-8-9-23-16(20,21)22/h2-7,10H,8-9H2,1H3/p+1. The average Bonchev–Trinajstić information content (AvgIpc) is 2.51. The second-order valence-electron chi connectivity index (χ2n) is 4.98. The van der Waals surface area contributed by atoms with Crippen molar-refractivity contribution in [2.75, 3.05) is 18.5 Å². The summed E-state index contributed by atoms with van der Waals surface area (Å²) in [6.07, 6.45) is 0. The van der Waals surface area contributed by atoms with E-state index in [1.807, 2.05) is 54.1 Å². The lowest BCUT2D eigenvalue weighted by Gasteiger charge is -2.12. The van der Waals surface area contributed by atoms with E-state index in [4.69, 9.17) is 0 Å². The van der Waals surface area contributed by atoms with Gasteiger partial charge in [-0.15, -0.1) is 0 Å². The van der Waals surface area contributed by atoms with E-state index in [0.29, 0.717) is 0 Å². The monoisotopic (exact) mass is 336 g/mol. The fourth-order valence-electron chi connectivity index (χ4n) is 2.43. The molecule has 0 bridgehead atoms. The van der Waals surface area contributed by atoms with E-state index < -0.39 is 10.2 Å². The van der Waals surface area contributed by atoms with E-state index in [1.165, 1.54) is 0 Å². The summed E-state index contributed by atoms with van der Waals surface area (Å²) in [5.41, 5.74) is 4.50. The maximum absolute atomic E-state index is 10.3. The Morgan fingerprint density at radius 3 is 2.61 bits per heavy atom. The van der Waals surface area contributed by atoms with Crippen molar-refractivity contribution in [3.63, 3.8) is 0 Å². The molecule has 120 valence electrons. The molecule has 0 aliphatic carbocycles. The van der Waals surface area contributed by atoms with Crippen LogP contribution in [0.15, 0.2) is 42.5 Å². The highest BCUT2D eigenvalue weighted by Crippen LogP contribution is 2.17. The number of hydrogen-bond acceptors (Lipinski definition) is 6. The van der Waals surface area contributed by atoms with Gasteiger partial charge in [-0.05, 0) is 18.2 Å². The van der Waals surface area contributed by atoms with Gasteiger partial charge in [0.25, 0.3) is 0 Å². The summed E-state index contributed by atoms with van der Waals surface area (Å²) in [4.78, 5) is 4.61. The lowest BCUT2D eigenvalue weighted by Crippen LogP contribution is -2.61. The van der Waals surface area contributed by atoms with E-state index in [2.05, 4.69) is 14.6 Å². The van der Waals surface area contributed by atoms with Gasteiger partial charge < -0.3 is 5.32 Å². The second kappa shape index (κ2) is 6.23. The molecule has 0 saturated carbocycles. The maximum Gasteiger partial charge on any atom is 0.233 e. The fourth-order valence-corrected chi connectivity index (χ4v) is 2.69. The van der Waals surface area contributed by atoms with Gasteiger partial charge >= 0.3 is 0 Å². The first-order valence-corrected chi connectivity index (χ1v) is 8.15. The number of anilines is 1. The van der Waals surface area contributed by atoms with E-state index in [-0.39, 0.29) is 13.2 Å². The molecular weight excluding hydrogens is 322 g/mol. The van der Waals surface area contributed by atoms with Crippen LogP contribution < -0.4 is 23.9 Å². The van der Waals surface area contributed by atoms with Crippen LogP contribution in [0.4, 0.5) is 5.69 Å². The van der Waals surface area contributed by atoms with Gasteiger partial charge in [0.1, 0.15) is 18.1 Å². The highest BCUT2D eigenvalue weighted by atomic mass is 35.7. The predicted octanol–water partition coefficient (Wildman–Crippen LogP) is -1.46. The number of aryl methyl sites for hydroxylation is 1. The van der Waals surface area contributed by atoms with Gasteiger partial charge in [-0.3, -0.25) is 0 Å². The average molecular weight is 337 g/mol. The van der Waals surface area contributed by atoms with Gasteiger partial charge in [0.2, 0.25) is 17.6 Å². The Morgan fingerprint density at radius 1 is 1.09 bits per heavy atom. The van der Waals surface area contributed by atoms with Crippen LogP contribution in [0.3, 0.4) is 0 Å². The van der Waals surface area contributed by atoms with E-state index in [1.54, 1.807) is 0 Å². The van der Waals surface area contributed by atoms with E-state index in [0.717, 1.165) is 27.8 Å². The minimum atomic E-state index is -4.38. The Labute approximate surface area is 134 Å². The molecule has 3 aromatic rings. The number of halogens is 1. The molecule has 0 amide bonds. The van der Waals surface area contributed by atoms with Crippen molar-refractivity contribution >= 4 is 27.8 Å². The summed E-state index contributed by atoms with van der Waals surface area (Å²) in [6, 6.07) is 13.5. The smallest absolute Gasteiger partial charge is 0.233 e. The molecule has 0 fully saturated rings. The van der Waals surface area contributed by atoms with Crippen molar-refractivity contribution in [3.8, 4) is 0 Å². The molecular formula is C15H15ClN3O4+. The second-order valence-corrected chi connectivity index (χ2v) is 5.96. The molecule has 8 heteroatoms. The van der Waals surface area contributed by atoms with E-state index in [9.17, 15) is 14.0 Å². The molecule has 0 aliphatic rings. The van der Waals surface area contributed by atoms with Crippen LogP contribution in [0, 0.1) is 10.2 Å². The Balaban J connectivity index is 1.84. The molecule has 23 heavy (non-hydrogen) atoms. The number of hydrogen-bond donors (Lipinski definition) is 1. The third-order valence-corrected chi connectivity index (χ3v) is 3.88. The molecule has 1 heterocycles. The van der Waals surface area contributed by atoms with Gasteiger partial charge in [0.15, 0.2) is 0 Å². The summed E-state index contributed by atoms with van der Waals surface area (Å²) in [6.45, 7) is -0.0295. The highest BCUT2D eigenvalue weighted by Gasteiger charge is 2.16. The molecule has 0 radical (unpaired) electrons. The SMILES string of the molecule is C[n+]1c2ccccc2nc2ccc(NCCO[Cl+3]([O-])([O-])[O-])cc21. The molecule has 0 atom stereocenters. The summed E-state index contributed by atoms with van der Waals surface area (Å²) in [5.74, 6) is 0. The van der Waals surface area contributed by atoms with Crippen molar-refractivity contribution < 1.29 is 33.1 Å². The molecule has 0 saturated heterocycles. The van der Waals surface area contributed by atoms with Gasteiger partial charge in [0.05, 0.1) is 21.1 Å². The number of benzene rings is 2. The minimum Gasteiger partial charge on any atom is -0.382 e. The Morgan fingerprint density at radius 2 is 1.83 bits per heavy atom. The van der Waals surface area contributed by atoms with Crippen LogP contribution in [0.5, 0.6) is 0 Å². The fraction of sp³-hybridized carbons (Fsp3) is 0.200. The van der Waals surface area contributed by atoms with Crippen LogP contribution in [0.1, 0.15) is 0 Å². The van der Waals surface area contributed by atoms with Crippen molar-refractivity contribution in [2.45, 2.75) is 0 Å². The first kappa shape index (κ1) is 15.9. The van der Waals surface area contributed by atoms with Crippen LogP contribution in [0.25, 0.3) is 22.1 Å². The predicted molar refractivity (Wildman–Crippen MR) is 74.9 cm³/mol. The zero-order chi connectivity index (χ0) is 16.4. The molecule has 0 aliphatic heterocycles. The number of nitrogens with zero attached hydrogens (tertiary/aromatic N) is 2. The maximum atomic E-state index is 10.3. The summed E-state index contributed by atoms with van der Waals surface area (Å²) >= 11 is 0. The van der Waals surface area contributed by atoms with Crippen molar-refractivity contribution in [1.29, 1.82) is 0 Å². The third kappa shape index (κ3) is 3.66. The van der Waals surface area contributed by atoms with Crippen LogP contribution in [-0.4, -0.2) is 18.1 Å². The Kier molecular flexibility index (Phi) is 4.29. The highest BCUT2D eigenvalue weighted by molar-refractivity contribution is 5.83. The normalized spacial score (nSPS) is 12.0. The molecule has 1 aromatic heterocycles. The number of nitrogens with one attached hydrogen (secondary N) is 1. The molecule has 2 aromatic carbocycles. The van der Waals surface area contributed by atoms with Crippen LogP contribution >= 0.6 is 0 Å². The quantitative estimate of drug-likeness (QED) is 0.346. The number of rotatable bonds is 5. The van der Waals surface area contributed by atoms with Gasteiger partial charge in [-0.1, -0.05) is 12.1 Å². The zero-order valence-corrected chi connectivity index (χ0v) is 13.1. The first-order valence-electron chi connectivity index (χ1n) is 6.92. The third-order valence-electron chi connectivity index (χ3n) is 3.46. The van der Waals surface area contributed by atoms with Gasteiger partial charge in [0, 0.05) is 17.8 Å². The summed E-state index contributed by atoms with van der Waals surface area (Å²) in [7, 11) is -2.42. The summed E-state index contributed by atoms with van der Waals surface area (Å²) < 4.78 is 37.2. The van der Waals surface area contributed by atoms with Crippen LogP contribution in [0.2, 0.25) is 0 Å². The Bertz CT molecular complexity index is 851. The largest absolute Gasteiger partial charge is 0.382 e. The van der Waals surface area contributed by atoms with Crippen molar-refractivity contribution in [1.82, 2.24) is 4.98 Å². The lowest BCUT2D eigenvalue weighted by atomic mass is 10.2. The number of fused-ring (bicyclic) bond motifs is 2. The lowest BCUT2D eigenvalue weighted by molar-refractivity contribution is -1.92.